The number of hydrogen-bond acceptors (Lipinski definition) is 3. The third kappa shape index (κ3) is 3.69. The van der Waals surface area contributed by atoms with Crippen LogP contribution in [0.4, 0.5) is 5.69 Å². The topological polar surface area (TPSA) is 67.0 Å². The number of hydrogen-bond donors (Lipinski definition) is 1. The first kappa shape index (κ1) is 19.0. The van der Waals surface area contributed by atoms with Crippen LogP contribution >= 0.6 is 0 Å². The molecule has 1 N–H and O–H groups in total. The van der Waals surface area contributed by atoms with Crippen LogP contribution in [0, 0.1) is 11.3 Å². The summed E-state index contributed by atoms with van der Waals surface area (Å²) in [7, 11) is 0.547. The highest BCUT2D eigenvalue weighted by Gasteiger charge is 2.17. The Hall–Kier alpha value is -2.78. The largest absolute Gasteiger partial charge is 0.501 e. The van der Waals surface area contributed by atoms with E-state index in [9.17, 15) is 9.47 Å². The summed E-state index contributed by atoms with van der Waals surface area (Å²) in [6.07, 6.45) is 6.68. The molecule has 0 saturated heterocycles. The lowest BCUT2D eigenvalue weighted by molar-refractivity contribution is 0.287. The first-order valence-corrected chi connectivity index (χ1v) is 10.3. The number of nitriles is 1. The predicted molar refractivity (Wildman–Crippen MR) is 110 cm³/mol. The summed E-state index contributed by atoms with van der Waals surface area (Å²) in [5.74, 6) is 1.40. The minimum Gasteiger partial charge on any atom is -0.501 e. The molecule has 0 aliphatic heterocycles. The molecule has 0 radical (unpaired) electrons. The van der Waals surface area contributed by atoms with Gasteiger partial charge in [-0.3, -0.25) is 0 Å². The maximum absolute atomic E-state index is 11.8. The van der Waals surface area contributed by atoms with Crippen LogP contribution in [-0.2, 0) is 22.3 Å². The number of ether oxygens (including phenoxy) is 1. The molecule has 0 saturated carbocycles. The van der Waals surface area contributed by atoms with E-state index in [4.69, 9.17) is 4.74 Å². The lowest BCUT2D eigenvalue weighted by Gasteiger charge is -2.11. The van der Waals surface area contributed by atoms with Crippen LogP contribution in [0.25, 0.3) is 23.4 Å². The summed E-state index contributed by atoms with van der Waals surface area (Å²) in [5.41, 5.74) is 3.25. The fourth-order valence-electron chi connectivity index (χ4n) is 3.31. The van der Waals surface area contributed by atoms with E-state index in [1.807, 2.05) is 43.3 Å². The zero-order chi connectivity index (χ0) is 19.4. The van der Waals surface area contributed by atoms with E-state index in [2.05, 4.69) is 28.4 Å². The molecule has 0 bridgehead atoms. The minimum atomic E-state index is -1.11. The highest BCUT2D eigenvalue weighted by molar-refractivity contribution is 7.86. The monoisotopic (exact) mass is 381 g/mol. The average molecular weight is 382 g/mol. The van der Waals surface area contributed by atoms with Gasteiger partial charge in [-0.1, -0.05) is 25.1 Å². The van der Waals surface area contributed by atoms with Gasteiger partial charge in [-0.2, -0.15) is 5.26 Å². The molecule has 6 heteroatoms. The third-order valence-electron chi connectivity index (χ3n) is 4.60. The zero-order valence-corrected chi connectivity index (χ0v) is 16.6. The third-order valence-corrected chi connectivity index (χ3v) is 5.59. The lowest BCUT2D eigenvalue weighted by Crippen LogP contribution is -2.29. The number of rotatable bonds is 6. The van der Waals surface area contributed by atoms with Gasteiger partial charge in [-0.15, -0.1) is 0 Å². The van der Waals surface area contributed by atoms with Gasteiger partial charge in [-0.25, -0.2) is 4.21 Å². The van der Waals surface area contributed by atoms with Gasteiger partial charge in [0.25, 0.3) is 0 Å². The number of benzene rings is 1. The predicted octanol–water partition coefficient (Wildman–Crippen LogP) is 2.64. The Bertz CT molecular complexity index is 1070. The molecule has 27 heavy (non-hydrogen) atoms. The Morgan fingerprint density at radius 2 is 2.15 bits per heavy atom. The second-order valence-electron chi connectivity index (χ2n) is 6.11. The van der Waals surface area contributed by atoms with Crippen molar-refractivity contribution in [2.45, 2.75) is 26.8 Å². The molecule has 0 amide bonds. The quantitative estimate of drug-likeness (QED) is 0.836. The van der Waals surface area contributed by atoms with E-state index in [1.165, 1.54) is 0 Å². The Labute approximate surface area is 161 Å². The molecule has 1 aliphatic carbocycles. The Balaban J connectivity index is 2.23. The molecule has 1 aliphatic rings. The number of allylic oxidation sites excluding steroid dienone is 2. The van der Waals surface area contributed by atoms with Crippen molar-refractivity contribution in [3.63, 3.8) is 0 Å². The van der Waals surface area contributed by atoms with Crippen LogP contribution in [0.1, 0.15) is 25.8 Å². The van der Waals surface area contributed by atoms with Gasteiger partial charge in [0.15, 0.2) is 0 Å². The average Bonchev–Trinajstić information content (AvgIpc) is 2.84. The molecule has 1 atom stereocenters. The van der Waals surface area contributed by atoms with Gasteiger partial charge in [0.2, 0.25) is 0 Å². The van der Waals surface area contributed by atoms with Crippen LogP contribution in [0.2, 0.25) is 0 Å². The van der Waals surface area contributed by atoms with Gasteiger partial charge >= 0.3 is 0 Å². The fourth-order valence-corrected chi connectivity index (χ4v) is 3.85. The van der Waals surface area contributed by atoms with Crippen molar-refractivity contribution in [1.29, 1.82) is 5.26 Å². The van der Waals surface area contributed by atoms with Gasteiger partial charge in [0.05, 0.1) is 24.1 Å². The van der Waals surface area contributed by atoms with E-state index in [0.717, 1.165) is 39.8 Å². The molecule has 0 fully saturated rings. The lowest BCUT2D eigenvalue weighted by atomic mass is 10.1. The molecule has 1 unspecified atom stereocenters. The van der Waals surface area contributed by atoms with Gasteiger partial charge in [-0.05, 0) is 31.2 Å². The van der Waals surface area contributed by atoms with Crippen LogP contribution in [0.3, 0.4) is 0 Å². The summed E-state index contributed by atoms with van der Waals surface area (Å²) in [5, 5.41) is 11.8. The molecule has 1 aromatic heterocycles. The first-order chi connectivity index (χ1) is 13.1. The Morgan fingerprint density at radius 3 is 2.81 bits per heavy atom. The summed E-state index contributed by atoms with van der Waals surface area (Å²) in [4.78, 5) is 0. The Kier molecular flexibility index (Phi) is 5.82. The van der Waals surface area contributed by atoms with Crippen molar-refractivity contribution in [2.24, 2.45) is 0 Å². The fraction of sp³-hybridized carbons (Fsp3) is 0.286. The standard InChI is InChI=1S/C21H23N3O2S/c1-4-24-20-12-10-17(26-3)9-11-18(20)19(14-22)21(24)15-7-6-8-16(13-15)23-27(25)5-2/h6-8,10-13,23H,4-5,9H2,1-3H3. The first-order valence-electron chi connectivity index (χ1n) is 8.96. The van der Waals surface area contributed by atoms with E-state index >= 15 is 0 Å². The number of methoxy groups -OCH3 is 1. The van der Waals surface area contributed by atoms with Crippen molar-refractivity contribution >= 4 is 28.8 Å². The van der Waals surface area contributed by atoms with E-state index in [1.54, 1.807) is 7.11 Å². The van der Waals surface area contributed by atoms with Gasteiger partial charge in [0, 0.05) is 40.5 Å². The Morgan fingerprint density at radius 1 is 1.33 bits per heavy atom. The molecule has 1 heterocycles. The van der Waals surface area contributed by atoms with Crippen molar-refractivity contribution in [1.82, 2.24) is 4.57 Å². The van der Waals surface area contributed by atoms with Crippen molar-refractivity contribution in [3.05, 3.63) is 52.2 Å². The highest BCUT2D eigenvalue weighted by atomic mass is 32.2. The zero-order valence-electron chi connectivity index (χ0n) is 15.8. The molecule has 0 spiro atoms. The van der Waals surface area contributed by atoms with Gasteiger partial charge < -0.3 is 14.0 Å². The number of nitrogens with zero attached hydrogens (tertiary/aromatic N) is 2. The molecule has 1 aromatic carbocycles. The SMILES string of the molecule is CCn1c(-c2cccc(NS(=O)CC)c2)c(C#N)c2c1=CC=C(OC)CC=2. The van der Waals surface area contributed by atoms with Crippen molar-refractivity contribution < 1.29 is 8.95 Å². The van der Waals surface area contributed by atoms with E-state index in [0.29, 0.717) is 17.7 Å². The van der Waals surface area contributed by atoms with Crippen molar-refractivity contribution in [2.75, 3.05) is 17.6 Å². The second kappa shape index (κ2) is 8.28. The number of anilines is 1. The molecule has 140 valence electrons. The summed E-state index contributed by atoms with van der Waals surface area (Å²) < 4.78 is 22.4. The summed E-state index contributed by atoms with van der Waals surface area (Å²) >= 11 is 0. The number of nitrogens with one attached hydrogen (secondary N) is 1. The van der Waals surface area contributed by atoms with Crippen LogP contribution in [0.5, 0.6) is 0 Å². The second-order valence-corrected chi connectivity index (χ2v) is 7.58. The molecular formula is C21H23N3O2S. The van der Waals surface area contributed by atoms with E-state index in [-0.39, 0.29) is 0 Å². The van der Waals surface area contributed by atoms with Crippen molar-refractivity contribution in [3.8, 4) is 17.3 Å². The van der Waals surface area contributed by atoms with Crippen LogP contribution in [-0.4, -0.2) is 21.6 Å². The maximum Gasteiger partial charge on any atom is 0.116 e. The van der Waals surface area contributed by atoms with Crippen LogP contribution < -0.4 is 15.3 Å². The van der Waals surface area contributed by atoms with Crippen LogP contribution in [0.15, 0.2) is 36.1 Å². The van der Waals surface area contributed by atoms with E-state index < -0.39 is 11.0 Å². The maximum atomic E-state index is 11.8. The number of aromatic nitrogens is 1. The normalized spacial score (nSPS) is 13.9. The molecule has 5 nitrogen and oxygen atoms in total. The number of fused-ring (bicyclic) bond motifs is 1. The smallest absolute Gasteiger partial charge is 0.116 e. The molecule has 3 rings (SSSR count). The summed E-state index contributed by atoms with van der Waals surface area (Å²) in [6, 6.07) is 10.1. The molecule has 2 aromatic rings. The molecular weight excluding hydrogens is 358 g/mol. The van der Waals surface area contributed by atoms with Gasteiger partial charge in [0.1, 0.15) is 17.1 Å². The highest BCUT2D eigenvalue weighted by Crippen LogP contribution is 2.25. The summed E-state index contributed by atoms with van der Waals surface area (Å²) in [6.45, 7) is 4.67. The minimum absolute atomic E-state index is 0.533.